The van der Waals surface area contributed by atoms with Crippen molar-refractivity contribution >= 4 is 12.0 Å². The number of hydrogen-bond donors (Lipinski definition) is 2. The molecule has 0 heterocycles. The third-order valence-corrected chi connectivity index (χ3v) is 2.92. The number of nitrogens with one attached hydrogen (secondary N) is 1. The summed E-state index contributed by atoms with van der Waals surface area (Å²) in [7, 11) is 0. The number of amides is 2. The second kappa shape index (κ2) is 7.41. The fraction of sp³-hybridized carbons (Fsp3) is 0.429. The summed E-state index contributed by atoms with van der Waals surface area (Å²) in [6.07, 6.45) is 0.901. The van der Waals surface area contributed by atoms with Crippen molar-refractivity contribution in [1.29, 1.82) is 0 Å². The monoisotopic (exact) mass is 264 g/mol. The van der Waals surface area contributed by atoms with Gasteiger partial charge in [-0.3, -0.25) is 4.79 Å². The second-order valence-electron chi connectivity index (χ2n) is 4.19. The largest absolute Gasteiger partial charge is 0.480 e. The fourth-order valence-corrected chi connectivity index (χ4v) is 1.85. The zero-order valence-corrected chi connectivity index (χ0v) is 11.3. The fourth-order valence-electron chi connectivity index (χ4n) is 1.85. The average molecular weight is 264 g/mol. The maximum atomic E-state index is 11.8. The molecule has 0 aromatic heterocycles. The molecule has 1 rings (SSSR count). The first-order valence-corrected chi connectivity index (χ1v) is 6.39. The SMILES string of the molecule is CCc1ccccc1CNC(=O)N(CC)CC(=O)O. The predicted molar refractivity (Wildman–Crippen MR) is 72.9 cm³/mol. The van der Waals surface area contributed by atoms with Gasteiger partial charge in [0.05, 0.1) is 0 Å². The van der Waals surface area contributed by atoms with Crippen LogP contribution in [0.25, 0.3) is 0 Å². The molecule has 0 aliphatic carbocycles. The van der Waals surface area contributed by atoms with Crippen LogP contribution in [0.15, 0.2) is 24.3 Å². The van der Waals surface area contributed by atoms with Crippen molar-refractivity contribution in [2.45, 2.75) is 26.8 Å². The van der Waals surface area contributed by atoms with E-state index in [1.165, 1.54) is 10.5 Å². The number of aryl methyl sites for hydroxylation is 1. The first kappa shape index (κ1) is 15.0. The molecule has 104 valence electrons. The summed E-state index contributed by atoms with van der Waals surface area (Å²) >= 11 is 0. The Balaban J connectivity index is 2.60. The van der Waals surface area contributed by atoms with Crippen molar-refractivity contribution in [2.75, 3.05) is 13.1 Å². The zero-order chi connectivity index (χ0) is 14.3. The van der Waals surface area contributed by atoms with Gasteiger partial charge in [0.15, 0.2) is 0 Å². The third kappa shape index (κ3) is 4.62. The molecule has 0 aliphatic heterocycles. The second-order valence-corrected chi connectivity index (χ2v) is 4.19. The van der Waals surface area contributed by atoms with Crippen molar-refractivity contribution in [3.05, 3.63) is 35.4 Å². The highest BCUT2D eigenvalue weighted by atomic mass is 16.4. The van der Waals surface area contributed by atoms with Crippen LogP contribution in [0.2, 0.25) is 0 Å². The minimum Gasteiger partial charge on any atom is -0.480 e. The van der Waals surface area contributed by atoms with Gasteiger partial charge in [-0.1, -0.05) is 31.2 Å². The van der Waals surface area contributed by atoms with Crippen LogP contribution in [0.1, 0.15) is 25.0 Å². The van der Waals surface area contributed by atoms with E-state index in [2.05, 4.69) is 12.2 Å². The van der Waals surface area contributed by atoms with E-state index < -0.39 is 5.97 Å². The molecule has 0 atom stereocenters. The molecule has 0 saturated heterocycles. The van der Waals surface area contributed by atoms with Gasteiger partial charge in [-0.25, -0.2) is 4.79 Å². The summed E-state index contributed by atoms with van der Waals surface area (Å²) in [6.45, 7) is 4.32. The first-order chi connectivity index (χ1) is 9.08. The molecular weight excluding hydrogens is 244 g/mol. The topological polar surface area (TPSA) is 69.6 Å². The van der Waals surface area contributed by atoms with Gasteiger partial charge < -0.3 is 15.3 Å². The smallest absolute Gasteiger partial charge is 0.323 e. The van der Waals surface area contributed by atoms with Crippen LogP contribution < -0.4 is 5.32 Å². The molecule has 0 saturated carbocycles. The number of likely N-dealkylation sites (N-methyl/N-ethyl adjacent to an activating group) is 1. The number of carboxylic acids is 1. The van der Waals surface area contributed by atoms with Crippen molar-refractivity contribution in [1.82, 2.24) is 10.2 Å². The summed E-state index contributed by atoms with van der Waals surface area (Å²) < 4.78 is 0. The van der Waals surface area contributed by atoms with Crippen molar-refractivity contribution in [3.63, 3.8) is 0 Å². The van der Waals surface area contributed by atoms with Crippen LogP contribution in [0.4, 0.5) is 4.79 Å². The average Bonchev–Trinajstić information content (AvgIpc) is 2.42. The molecule has 1 aromatic carbocycles. The van der Waals surface area contributed by atoms with Crippen LogP contribution >= 0.6 is 0 Å². The number of aliphatic carboxylic acids is 1. The van der Waals surface area contributed by atoms with E-state index in [1.807, 2.05) is 24.3 Å². The molecular formula is C14H20N2O3. The Labute approximate surface area is 113 Å². The molecule has 0 unspecified atom stereocenters. The van der Waals surface area contributed by atoms with Crippen LogP contribution in [-0.2, 0) is 17.8 Å². The zero-order valence-electron chi connectivity index (χ0n) is 11.3. The number of carbonyl (C=O) groups excluding carboxylic acids is 1. The summed E-state index contributed by atoms with van der Waals surface area (Å²) in [4.78, 5) is 23.7. The van der Waals surface area contributed by atoms with Crippen molar-refractivity contribution < 1.29 is 14.7 Å². The van der Waals surface area contributed by atoms with Crippen LogP contribution in [0, 0.1) is 0 Å². The van der Waals surface area contributed by atoms with Crippen LogP contribution in [-0.4, -0.2) is 35.1 Å². The van der Waals surface area contributed by atoms with Crippen molar-refractivity contribution in [3.8, 4) is 0 Å². The number of carbonyl (C=O) groups is 2. The van der Waals surface area contributed by atoms with E-state index in [9.17, 15) is 9.59 Å². The van der Waals surface area contributed by atoms with E-state index in [0.29, 0.717) is 13.1 Å². The lowest BCUT2D eigenvalue weighted by atomic mass is 10.1. The number of benzene rings is 1. The molecule has 0 bridgehead atoms. The molecule has 0 aliphatic rings. The van der Waals surface area contributed by atoms with Gasteiger partial charge in [0.25, 0.3) is 0 Å². The number of urea groups is 1. The molecule has 5 heteroatoms. The number of rotatable bonds is 6. The highest BCUT2D eigenvalue weighted by molar-refractivity contribution is 5.80. The Kier molecular flexibility index (Phi) is 5.85. The summed E-state index contributed by atoms with van der Waals surface area (Å²) in [5.41, 5.74) is 2.24. The van der Waals surface area contributed by atoms with E-state index >= 15 is 0 Å². The minimum absolute atomic E-state index is 0.280. The molecule has 2 N–H and O–H groups in total. The third-order valence-electron chi connectivity index (χ3n) is 2.92. The van der Waals surface area contributed by atoms with Gasteiger partial charge in [0, 0.05) is 13.1 Å². The summed E-state index contributed by atoms with van der Waals surface area (Å²) in [6, 6.07) is 7.53. The standard InChI is InChI=1S/C14H20N2O3/c1-3-11-7-5-6-8-12(11)9-15-14(19)16(4-2)10-13(17)18/h5-8H,3-4,9-10H2,1-2H3,(H,15,19)(H,17,18). The Morgan fingerprint density at radius 3 is 2.37 bits per heavy atom. The van der Waals surface area contributed by atoms with Crippen molar-refractivity contribution in [2.24, 2.45) is 0 Å². The molecule has 5 nitrogen and oxygen atoms in total. The lowest BCUT2D eigenvalue weighted by Crippen LogP contribution is -2.42. The van der Waals surface area contributed by atoms with Gasteiger partial charge in [0.2, 0.25) is 0 Å². The van der Waals surface area contributed by atoms with Gasteiger partial charge in [0.1, 0.15) is 6.54 Å². The van der Waals surface area contributed by atoms with Crippen LogP contribution in [0.5, 0.6) is 0 Å². The molecule has 0 radical (unpaired) electrons. The maximum absolute atomic E-state index is 11.8. The summed E-state index contributed by atoms with van der Waals surface area (Å²) in [5.74, 6) is -1.01. The van der Waals surface area contributed by atoms with Crippen LogP contribution in [0.3, 0.4) is 0 Å². The predicted octanol–water partition coefficient (Wildman–Crippen LogP) is 1.87. The Hall–Kier alpha value is -2.04. The Morgan fingerprint density at radius 1 is 1.21 bits per heavy atom. The maximum Gasteiger partial charge on any atom is 0.323 e. The van der Waals surface area contributed by atoms with E-state index in [1.54, 1.807) is 6.92 Å². The van der Waals surface area contributed by atoms with Gasteiger partial charge in [-0.05, 0) is 24.5 Å². The quantitative estimate of drug-likeness (QED) is 0.824. The van der Waals surface area contributed by atoms with Gasteiger partial charge in [-0.15, -0.1) is 0 Å². The number of carboxylic acid groups (broad SMARTS) is 1. The lowest BCUT2D eigenvalue weighted by molar-refractivity contribution is -0.137. The number of hydrogen-bond acceptors (Lipinski definition) is 2. The molecule has 1 aromatic rings. The lowest BCUT2D eigenvalue weighted by Gasteiger charge is -2.19. The van der Waals surface area contributed by atoms with Gasteiger partial charge >= 0.3 is 12.0 Å². The van der Waals surface area contributed by atoms with E-state index in [0.717, 1.165) is 12.0 Å². The Morgan fingerprint density at radius 2 is 1.84 bits per heavy atom. The Bertz CT molecular complexity index is 446. The number of nitrogens with zero attached hydrogens (tertiary/aromatic N) is 1. The molecule has 0 fully saturated rings. The molecule has 0 spiro atoms. The normalized spacial score (nSPS) is 10.0. The highest BCUT2D eigenvalue weighted by Crippen LogP contribution is 2.09. The molecule has 2 amide bonds. The molecule has 19 heavy (non-hydrogen) atoms. The first-order valence-electron chi connectivity index (χ1n) is 6.39. The van der Waals surface area contributed by atoms with Gasteiger partial charge in [-0.2, -0.15) is 0 Å². The highest BCUT2D eigenvalue weighted by Gasteiger charge is 2.14. The van der Waals surface area contributed by atoms with E-state index in [4.69, 9.17) is 5.11 Å². The van der Waals surface area contributed by atoms with E-state index in [-0.39, 0.29) is 12.6 Å². The summed E-state index contributed by atoms with van der Waals surface area (Å²) in [5, 5.41) is 11.5. The minimum atomic E-state index is -1.01.